The third kappa shape index (κ3) is 1.41. The van der Waals surface area contributed by atoms with E-state index in [9.17, 15) is 0 Å². The van der Waals surface area contributed by atoms with Crippen LogP contribution in [0.4, 0.5) is 0 Å². The van der Waals surface area contributed by atoms with Crippen molar-refractivity contribution in [3.8, 4) is 0 Å². The average molecular weight is 143 g/mol. The van der Waals surface area contributed by atoms with Gasteiger partial charge >= 0.3 is 0 Å². The number of nitrogens with one attached hydrogen (secondary N) is 1. The van der Waals surface area contributed by atoms with Crippen molar-refractivity contribution in [2.45, 2.75) is 18.9 Å². The fourth-order valence-corrected chi connectivity index (χ4v) is 2.46. The van der Waals surface area contributed by atoms with Gasteiger partial charge in [0.25, 0.3) is 0 Å². The van der Waals surface area contributed by atoms with Crippen LogP contribution in [0.25, 0.3) is 0 Å². The van der Waals surface area contributed by atoms with Crippen molar-refractivity contribution >= 4 is 11.8 Å². The highest BCUT2D eigenvalue weighted by molar-refractivity contribution is 7.99. The number of hydrogen-bond acceptors (Lipinski definition) is 2. The molecule has 0 aromatic heterocycles. The minimum Gasteiger partial charge on any atom is -0.312 e. The summed E-state index contributed by atoms with van der Waals surface area (Å²) in [4.78, 5) is 0. The average Bonchev–Trinajstić information content (AvgIpc) is 2.71. The molecular formula is C7H13NS. The fraction of sp³-hybridized carbons (Fsp3) is 1.00. The smallest absolute Gasteiger partial charge is 0.0186 e. The molecule has 2 heteroatoms. The second-order valence-electron chi connectivity index (χ2n) is 2.97. The molecule has 0 unspecified atom stereocenters. The van der Waals surface area contributed by atoms with Gasteiger partial charge in [-0.2, -0.15) is 11.8 Å². The number of hydrogen-bond donors (Lipinski definition) is 1. The summed E-state index contributed by atoms with van der Waals surface area (Å²) < 4.78 is 0. The normalized spacial score (nSPS) is 36.7. The molecule has 0 aromatic carbocycles. The number of rotatable bonds is 1. The van der Waals surface area contributed by atoms with Crippen LogP contribution in [0.15, 0.2) is 0 Å². The van der Waals surface area contributed by atoms with E-state index in [2.05, 4.69) is 17.1 Å². The van der Waals surface area contributed by atoms with Gasteiger partial charge in [0.1, 0.15) is 0 Å². The summed E-state index contributed by atoms with van der Waals surface area (Å²) in [6, 6.07) is 0.878. The Morgan fingerprint density at radius 1 is 1.33 bits per heavy atom. The van der Waals surface area contributed by atoms with Gasteiger partial charge in [-0.3, -0.25) is 0 Å². The topological polar surface area (TPSA) is 12.0 Å². The van der Waals surface area contributed by atoms with E-state index in [1.165, 1.54) is 30.9 Å². The lowest BCUT2D eigenvalue weighted by molar-refractivity contribution is 0.511. The molecule has 1 saturated carbocycles. The van der Waals surface area contributed by atoms with Gasteiger partial charge in [-0.15, -0.1) is 0 Å². The maximum absolute atomic E-state index is 3.56. The predicted molar refractivity (Wildman–Crippen MR) is 41.8 cm³/mol. The molecule has 2 rings (SSSR count). The summed E-state index contributed by atoms with van der Waals surface area (Å²) >= 11 is 2.11. The molecule has 0 amide bonds. The van der Waals surface area contributed by atoms with E-state index in [1.54, 1.807) is 0 Å². The van der Waals surface area contributed by atoms with E-state index in [-0.39, 0.29) is 0 Å². The van der Waals surface area contributed by atoms with Crippen LogP contribution in [-0.4, -0.2) is 24.1 Å². The van der Waals surface area contributed by atoms with E-state index in [4.69, 9.17) is 0 Å². The van der Waals surface area contributed by atoms with Crippen LogP contribution in [0.1, 0.15) is 12.8 Å². The largest absolute Gasteiger partial charge is 0.312 e. The molecule has 0 bridgehead atoms. The van der Waals surface area contributed by atoms with Crippen LogP contribution in [-0.2, 0) is 0 Å². The van der Waals surface area contributed by atoms with Gasteiger partial charge in [0.15, 0.2) is 0 Å². The summed E-state index contributed by atoms with van der Waals surface area (Å²) in [5.41, 5.74) is 0. The first-order valence-corrected chi connectivity index (χ1v) is 4.93. The molecule has 2 fully saturated rings. The lowest BCUT2D eigenvalue weighted by Crippen LogP contribution is -2.38. The molecule has 1 aliphatic carbocycles. The fourth-order valence-electron chi connectivity index (χ4n) is 1.39. The Kier molecular flexibility index (Phi) is 1.68. The van der Waals surface area contributed by atoms with E-state index >= 15 is 0 Å². The summed E-state index contributed by atoms with van der Waals surface area (Å²) in [6.07, 6.45) is 2.97. The summed E-state index contributed by atoms with van der Waals surface area (Å²) in [6.45, 7) is 1.24. The zero-order chi connectivity index (χ0) is 6.10. The molecule has 0 aromatic rings. The van der Waals surface area contributed by atoms with Crippen LogP contribution >= 0.6 is 11.8 Å². The van der Waals surface area contributed by atoms with E-state index in [0.29, 0.717) is 0 Å². The second kappa shape index (κ2) is 2.51. The van der Waals surface area contributed by atoms with Gasteiger partial charge in [0, 0.05) is 24.1 Å². The number of thioether (sulfide) groups is 1. The van der Waals surface area contributed by atoms with E-state index in [1.807, 2.05) is 0 Å². The molecule has 52 valence electrons. The Labute approximate surface area is 60.6 Å². The van der Waals surface area contributed by atoms with Gasteiger partial charge in [0.2, 0.25) is 0 Å². The maximum atomic E-state index is 3.56. The van der Waals surface area contributed by atoms with Crippen LogP contribution < -0.4 is 5.32 Å². The van der Waals surface area contributed by atoms with E-state index < -0.39 is 0 Å². The summed E-state index contributed by atoms with van der Waals surface area (Å²) in [5, 5.41) is 3.56. The molecule has 2 aliphatic rings. The Morgan fingerprint density at radius 3 is 2.78 bits per heavy atom. The molecule has 9 heavy (non-hydrogen) atoms. The minimum atomic E-state index is 0.878. The predicted octanol–water partition coefficient (Wildman–Crippen LogP) is 1.10. The van der Waals surface area contributed by atoms with Gasteiger partial charge in [-0.25, -0.2) is 0 Å². The second-order valence-corrected chi connectivity index (χ2v) is 4.12. The zero-order valence-electron chi connectivity index (χ0n) is 5.60. The molecule has 1 nitrogen and oxygen atoms in total. The molecular weight excluding hydrogens is 130 g/mol. The van der Waals surface area contributed by atoms with Crippen molar-refractivity contribution < 1.29 is 0 Å². The maximum Gasteiger partial charge on any atom is 0.0186 e. The highest BCUT2D eigenvalue weighted by Crippen LogP contribution is 2.34. The standard InChI is InChI=1S/C7H13NS/c1-2-6(1)7-5-9-4-3-8-7/h6-8H,1-5H2/t7-/m1/s1. The zero-order valence-corrected chi connectivity index (χ0v) is 6.41. The molecule has 0 radical (unpaired) electrons. The van der Waals surface area contributed by atoms with Crippen molar-refractivity contribution in [3.63, 3.8) is 0 Å². The third-order valence-electron chi connectivity index (χ3n) is 2.14. The van der Waals surface area contributed by atoms with Crippen molar-refractivity contribution in [2.24, 2.45) is 5.92 Å². The van der Waals surface area contributed by atoms with Crippen molar-refractivity contribution in [3.05, 3.63) is 0 Å². The van der Waals surface area contributed by atoms with Crippen LogP contribution in [0.2, 0.25) is 0 Å². The lowest BCUT2D eigenvalue weighted by atomic mass is 10.2. The van der Waals surface area contributed by atoms with Gasteiger partial charge in [-0.1, -0.05) is 0 Å². The van der Waals surface area contributed by atoms with Crippen molar-refractivity contribution in [1.29, 1.82) is 0 Å². The van der Waals surface area contributed by atoms with Gasteiger partial charge < -0.3 is 5.32 Å². The SMILES string of the molecule is C1CSC[C@H](C2CC2)N1. The van der Waals surface area contributed by atoms with Crippen molar-refractivity contribution in [2.75, 3.05) is 18.1 Å². The minimum absolute atomic E-state index is 0.878. The Bertz CT molecular complexity index is 95.1. The first-order chi connectivity index (χ1) is 4.47. The summed E-state index contributed by atoms with van der Waals surface area (Å²) in [5.74, 6) is 3.74. The highest BCUT2D eigenvalue weighted by Gasteiger charge is 2.31. The first-order valence-electron chi connectivity index (χ1n) is 3.78. The van der Waals surface area contributed by atoms with Crippen molar-refractivity contribution in [1.82, 2.24) is 5.32 Å². The first kappa shape index (κ1) is 6.05. The molecule has 1 heterocycles. The molecule has 1 aliphatic heterocycles. The molecule has 1 saturated heterocycles. The van der Waals surface area contributed by atoms with Crippen LogP contribution in [0.3, 0.4) is 0 Å². The molecule has 1 atom stereocenters. The molecule has 0 spiro atoms. The monoisotopic (exact) mass is 143 g/mol. The molecule has 1 N–H and O–H groups in total. The van der Waals surface area contributed by atoms with E-state index in [0.717, 1.165) is 12.0 Å². The van der Waals surface area contributed by atoms with Crippen LogP contribution in [0.5, 0.6) is 0 Å². The Morgan fingerprint density at radius 2 is 2.22 bits per heavy atom. The Balaban J connectivity index is 1.80. The lowest BCUT2D eigenvalue weighted by Gasteiger charge is -2.22. The van der Waals surface area contributed by atoms with Gasteiger partial charge in [0.05, 0.1) is 0 Å². The third-order valence-corrected chi connectivity index (χ3v) is 3.23. The van der Waals surface area contributed by atoms with Crippen LogP contribution in [0, 0.1) is 5.92 Å². The quantitative estimate of drug-likeness (QED) is 0.590. The Hall–Kier alpha value is 0.310. The summed E-state index contributed by atoms with van der Waals surface area (Å²) in [7, 11) is 0. The van der Waals surface area contributed by atoms with Gasteiger partial charge in [-0.05, 0) is 18.8 Å². The highest BCUT2D eigenvalue weighted by atomic mass is 32.2.